The second-order valence-electron chi connectivity index (χ2n) is 6.78. The first kappa shape index (κ1) is 18.8. The fourth-order valence-corrected chi connectivity index (χ4v) is 4.68. The molecule has 3 rings (SSSR count). The van der Waals surface area contributed by atoms with E-state index in [0.29, 0.717) is 24.4 Å². The van der Waals surface area contributed by atoms with E-state index in [2.05, 4.69) is 13.0 Å². The van der Waals surface area contributed by atoms with Crippen LogP contribution in [0.3, 0.4) is 0 Å². The highest BCUT2D eigenvalue weighted by Gasteiger charge is 2.35. The van der Waals surface area contributed by atoms with Crippen LogP contribution < -0.4 is 0 Å². The van der Waals surface area contributed by atoms with Crippen molar-refractivity contribution in [2.24, 2.45) is 5.92 Å². The van der Waals surface area contributed by atoms with Gasteiger partial charge >= 0.3 is 0 Å². The number of carbonyl (C=O) groups excluding carboxylic acids is 2. The molecule has 7 heteroatoms. The van der Waals surface area contributed by atoms with Crippen molar-refractivity contribution in [3.63, 3.8) is 0 Å². The lowest BCUT2D eigenvalue weighted by Crippen LogP contribution is -2.40. The Morgan fingerprint density at radius 2 is 2.31 bits per heavy atom. The van der Waals surface area contributed by atoms with Gasteiger partial charge in [-0.1, -0.05) is 31.9 Å². The average Bonchev–Trinajstić information content (AvgIpc) is 3.30. The molecule has 2 aromatic rings. The number of rotatable bonds is 8. The highest BCUT2D eigenvalue weighted by molar-refractivity contribution is 7.18. The highest BCUT2D eigenvalue weighted by Crippen LogP contribution is 2.37. The van der Waals surface area contributed by atoms with Crippen LogP contribution in [-0.4, -0.2) is 45.6 Å². The molecular weight excluding hydrogens is 350 g/mol. The van der Waals surface area contributed by atoms with E-state index in [-0.39, 0.29) is 24.4 Å². The Balaban J connectivity index is 1.80. The number of amides is 2. The van der Waals surface area contributed by atoms with Crippen LogP contribution in [0.25, 0.3) is 10.2 Å². The maximum Gasteiger partial charge on any atom is 0.233 e. The molecule has 1 fully saturated rings. The Labute approximate surface area is 157 Å². The number of unbranched alkanes of at least 4 members (excludes halogenated alkanes) is 1. The molecule has 1 aromatic carbocycles. The van der Waals surface area contributed by atoms with E-state index in [0.717, 1.165) is 40.9 Å². The first-order valence-electron chi connectivity index (χ1n) is 9.20. The van der Waals surface area contributed by atoms with E-state index in [1.165, 1.54) is 0 Å². The van der Waals surface area contributed by atoms with Gasteiger partial charge < -0.3 is 4.90 Å². The van der Waals surface area contributed by atoms with E-state index in [1.807, 2.05) is 23.1 Å². The lowest BCUT2D eigenvalue weighted by molar-refractivity contribution is -0.157. The minimum Gasteiger partial charge on any atom is -0.333 e. The smallest absolute Gasteiger partial charge is 0.233 e. The quantitative estimate of drug-likeness (QED) is 0.434. The first-order valence-corrected chi connectivity index (χ1v) is 10.0. The van der Waals surface area contributed by atoms with Crippen molar-refractivity contribution < 1.29 is 14.8 Å². The summed E-state index contributed by atoms with van der Waals surface area (Å²) in [6.45, 7) is 2.82. The van der Waals surface area contributed by atoms with Crippen molar-refractivity contribution in [1.82, 2.24) is 14.9 Å². The van der Waals surface area contributed by atoms with Crippen LogP contribution in [0, 0.1) is 5.92 Å². The van der Waals surface area contributed by atoms with Gasteiger partial charge in [0.2, 0.25) is 12.3 Å². The summed E-state index contributed by atoms with van der Waals surface area (Å²) in [4.78, 5) is 30.6. The molecule has 0 unspecified atom stereocenters. The second-order valence-corrected chi connectivity index (χ2v) is 7.84. The first-order chi connectivity index (χ1) is 12.6. The zero-order chi connectivity index (χ0) is 18.5. The summed E-state index contributed by atoms with van der Waals surface area (Å²) in [5.74, 6) is -0.360. The van der Waals surface area contributed by atoms with E-state index in [4.69, 9.17) is 4.98 Å². The number of hydroxylamine groups is 2. The number of para-hydroxylation sites is 1. The zero-order valence-electron chi connectivity index (χ0n) is 15.0. The van der Waals surface area contributed by atoms with Gasteiger partial charge in [-0.3, -0.25) is 14.8 Å². The Kier molecular flexibility index (Phi) is 6.21. The number of hydrogen-bond donors (Lipinski definition) is 1. The van der Waals surface area contributed by atoms with Gasteiger partial charge in [0.1, 0.15) is 5.01 Å². The number of benzene rings is 1. The fraction of sp³-hybridized carbons (Fsp3) is 0.526. The molecule has 2 heterocycles. The van der Waals surface area contributed by atoms with Gasteiger partial charge in [0, 0.05) is 6.54 Å². The summed E-state index contributed by atoms with van der Waals surface area (Å²) in [6.07, 6.45) is 4.75. The Bertz CT molecular complexity index is 730. The summed E-state index contributed by atoms with van der Waals surface area (Å²) >= 11 is 1.64. The number of aromatic nitrogens is 1. The minimum absolute atomic E-state index is 0.00704. The number of likely N-dealkylation sites (tertiary alicyclic amines) is 1. The SMILES string of the molecule is CCCC[C@H](CN(O)C=O)C(=O)N1CCC[C@H]1c1nc2ccccc2s1. The van der Waals surface area contributed by atoms with Crippen LogP contribution in [0.4, 0.5) is 0 Å². The third-order valence-electron chi connectivity index (χ3n) is 4.92. The predicted molar refractivity (Wildman–Crippen MR) is 101 cm³/mol. The zero-order valence-corrected chi connectivity index (χ0v) is 15.8. The molecule has 0 aliphatic carbocycles. The molecule has 1 N–H and O–H groups in total. The fourth-order valence-electron chi connectivity index (χ4n) is 3.57. The summed E-state index contributed by atoms with van der Waals surface area (Å²) < 4.78 is 1.13. The maximum absolute atomic E-state index is 13.2. The van der Waals surface area contributed by atoms with Crippen molar-refractivity contribution >= 4 is 33.9 Å². The number of hydrogen-bond acceptors (Lipinski definition) is 5. The molecule has 1 aliphatic heterocycles. The summed E-state index contributed by atoms with van der Waals surface area (Å²) in [6, 6.07) is 8.01. The molecular formula is C19H25N3O3S. The summed E-state index contributed by atoms with van der Waals surface area (Å²) in [5.41, 5.74) is 0.969. The Morgan fingerprint density at radius 3 is 3.04 bits per heavy atom. The maximum atomic E-state index is 13.2. The number of nitrogens with zero attached hydrogens (tertiary/aromatic N) is 3. The number of carbonyl (C=O) groups is 2. The van der Waals surface area contributed by atoms with E-state index in [9.17, 15) is 14.8 Å². The van der Waals surface area contributed by atoms with Gasteiger partial charge in [0.25, 0.3) is 0 Å². The van der Waals surface area contributed by atoms with E-state index < -0.39 is 0 Å². The average molecular weight is 375 g/mol. The third-order valence-corrected chi connectivity index (χ3v) is 6.05. The molecule has 2 amide bonds. The topological polar surface area (TPSA) is 73.7 Å². The van der Waals surface area contributed by atoms with Crippen LogP contribution in [-0.2, 0) is 9.59 Å². The molecule has 6 nitrogen and oxygen atoms in total. The van der Waals surface area contributed by atoms with E-state index in [1.54, 1.807) is 11.3 Å². The highest BCUT2D eigenvalue weighted by atomic mass is 32.1. The van der Waals surface area contributed by atoms with E-state index >= 15 is 0 Å². The molecule has 1 saturated heterocycles. The van der Waals surface area contributed by atoms with Gasteiger partial charge in [0.05, 0.1) is 28.7 Å². The summed E-state index contributed by atoms with van der Waals surface area (Å²) in [5, 5.41) is 11.1. The molecule has 0 saturated carbocycles. The lowest BCUT2D eigenvalue weighted by Gasteiger charge is -2.28. The minimum atomic E-state index is -0.375. The van der Waals surface area contributed by atoms with Crippen LogP contribution in [0.5, 0.6) is 0 Å². The van der Waals surface area contributed by atoms with Gasteiger partial charge in [0.15, 0.2) is 0 Å². The number of thiazole rings is 1. The van der Waals surface area contributed by atoms with Crippen molar-refractivity contribution in [2.75, 3.05) is 13.1 Å². The molecule has 0 spiro atoms. The molecule has 140 valence electrons. The second kappa shape index (κ2) is 8.60. The van der Waals surface area contributed by atoms with Gasteiger partial charge in [-0.15, -0.1) is 11.3 Å². The van der Waals surface area contributed by atoms with Crippen LogP contribution >= 0.6 is 11.3 Å². The van der Waals surface area contributed by atoms with Gasteiger partial charge in [-0.25, -0.2) is 10.0 Å². The molecule has 0 bridgehead atoms. The monoisotopic (exact) mass is 375 g/mol. The molecule has 26 heavy (non-hydrogen) atoms. The molecule has 1 aliphatic rings. The van der Waals surface area contributed by atoms with Crippen molar-refractivity contribution in [3.8, 4) is 0 Å². The predicted octanol–water partition coefficient (Wildman–Crippen LogP) is 3.61. The largest absolute Gasteiger partial charge is 0.333 e. The van der Waals surface area contributed by atoms with Crippen molar-refractivity contribution in [1.29, 1.82) is 0 Å². The number of fused-ring (bicyclic) bond motifs is 1. The van der Waals surface area contributed by atoms with Crippen molar-refractivity contribution in [2.45, 2.75) is 45.1 Å². The van der Waals surface area contributed by atoms with Crippen LogP contribution in [0.15, 0.2) is 24.3 Å². The van der Waals surface area contributed by atoms with Gasteiger partial charge in [-0.05, 0) is 31.4 Å². The normalized spacial score (nSPS) is 18.2. The molecule has 2 atom stereocenters. The standard InChI is InChI=1S/C19H25N3O3S/c1-2-3-7-14(12-21(25)13-23)19(24)22-11-6-9-16(22)18-20-15-8-4-5-10-17(15)26-18/h4-5,8,10,13-14,16,25H,2-3,6-7,9,11-12H2,1H3/t14-,16+/m1/s1. The van der Waals surface area contributed by atoms with Crippen LogP contribution in [0.2, 0.25) is 0 Å². The van der Waals surface area contributed by atoms with Gasteiger partial charge in [-0.2, -0.15) is 0 Å². The third kappa shape index (κ3) is 4.04. The Morgan fingerprint density at radius 1 is 1.50 bits per heavy atom. The lowest BCUT2D eigenvalue weighted by atomic mass is 10.00. The van der Waals surface area contributed by atoms with Crippen molar-refractivity contribution in [3.05, 3.63) is 29.3 Å². The molecule has 0 radical (unpaired) electrons. The summed E-state index contributed by atoms with van der Waals surface area (Å²) in [7, 11) is 0. The molecule has 1 aromatic heterocycles. The Hall–Kier alpha value is -1.99. The van der Waals surface area contributed by atoms with Crippen LogP contribution in [0.1, 0.15) is 50.1 Å².